The Morgan fingerprint density at radius 3 is 1.47 bits per heavy atom. The van der Waals surface area contributed by atoms with Gasteiger partial charge >= 0.3 is 0 Å². The molecule has 0 aromatic rings. The fourth-order valence-electron chi connectivity index (χ4n) is 0.671. The molecule has 0 bridgehead atoms. The van der Waals surface area contributed by atoms with Crippen molar-refractivity contribution in [2.75, 3.05) is 27.7 Å². The van der Waals surface area contributed by atoms with Gasteiger partial charge in [0.15, 0.2) is 0 Å². The Kier molecular flexibility index (Phi) is 20.4. The molecule has 0 aromatic carbocycles. The average Bonchev–Trinajstić information content (AvgIpc) is 2.17. The summed E-state index contributed by atoms with van der Waals surface area (Å²) in [5.41, 5.74) is 9.63. The number of nitrogens with zero attached hydrogens (tertiary/aromatic N) is 1. The van der Waals surface area contributed by atoms with Crippen molar-refractivity contribution in [2.45, 2.75) is 20.3 Å². The second-order valence-electron chi connectivity index (χ2n) is 4.77. The summed E-state index contributed by atoms with van der Waals surface area (Å²) in [4.78, 5) is 19.3. The second kappa shape index (κ2) is 14.7. The first-order chi connectivity index (χ1) is 7.97. The van der Waals surface area contributed by atoms with Crippen LogP contribution in [0.25, 0.3) is 0 Å². The third-order valence-electron chi connectivity index (χ3n) is 1.52. The molecule has 0 radical (unpaired) electrons. The zero-order chi connectivity index (χ0) is 15.4. The van der Waals surface area contributed by atoms with Gasteiger partial charge in [0.1, 0.15) is 0 Å². The summed E-state index contributed by atoms with van der Waals surface area (Å²) < 4.78 is 1.09. The first-order valence-electron chi connectivity index (χ1n) is 5.65. The van der Waals surface area contributed by atoms with Crippen LogP contribution in [-0.2, 0) is 9.59 Å². The Labute approximate surface area is 123 Å². The van der Waals surface area contributed by atoms with Crippen LogP contribution in [0.15, 0.2) is 24.8 Å². The van der Waals surface area contributed by atoms with Gasteiger partial charge in [-0.2, -0.15) is 0 Å². The van der Waals surface area contributed by atoms with Crippen LogP contribution >= 0.6 is 0 Å². The highest BCUT2D eigenvalue weighted by Gasteiger charge is 2.01. The quantitative estimate of drug-likeness (QED) is 0.456. The predicted octanol–water partition coefficient (Wildman–Crippen LogP) is -2.19. The lowest BCUT2D eigenvalue weighted by Crippen LogP contribution is -3.00. The molecule has 0 aromatic heterocycles. The fraction of sp³-hybridized carbons (Fsp3) is 0.538. The highest BCUT2D eigenvalue weighted by molar-refractivity contribution is 5.90. The number of amides is 2. The molecule has 0 rings (SSSR count). The molecule has 0 aliphatic heterocycles. The van der Waals surface area contributed by atoms with Crippen LogP contribution in [0.2, 0.25) is 0 Å². The lowest BCUT2D eigenvalue weighted by atomic mass is 10.3. The normalized spacial score (nSPS) is 8.47. The van der Waals surface area contributed by atoms with Crippen LogP contribution in [0.3, 0.4) is 0 Å². The minimum atomic E-state index is -0.481. The molecule has 0 unspecified atom stereocenters. The van der Waals surface area contributed by atoms with Gasteiger partial charge in [0.25, 0.3) is 0 Å². The van der Waals surface area contributed by atoms with E-state index in [0.29, 0.717) is 5.57 Å². The Bertz CT molecular complexity index is 272. The largest absolute Gasteiger partial charge is 1.00 e. The highest BCUT2D eigenvalue weighted by Crippen LogP contribution is 1.90. The van der Waals surface area contributed by atoms with Crippen molar-refractivity contribution in [1.29, 1.82) is 0 Å². The van der Waals surface area contributed by atoms with Crippen molar-refractivity contribution in [3.8, 4) is 0 Å². The van der Waals surface area contributed by atoms with Gasteiger partial charge in [0.2, 0.25) is 11.8 Å². The topological polar surface area (TPSA) is 86.2 Å². The maximum Gasteiger partial charge on any atom is 0.243 e. The minimum Gasteiger partial charge on any atom is -1.00 e. The maximum atomic E-state index is 9.82. The van der Waals surface area contributed by atoms with Crippen LogP contribution in [0.4, 0.5) is 0 Å². The van der Waals surface area contributed by atoms with Crippen molar-refractivity contribution in [3.63, 3.8) is 0 Å². The summed E-state index contributed by atoms with van der Waals surface area (Å²) in [5, 5.41) is 0. The Morgan fingerprint density at radius 1 is 1.21 bits per heavy atom. The third-order valence-corrected chi connectivity index (χ3v) is 1.52. The van der Waals surface area contributed by atoms with Crippen LogP contribution in [-0.4, -0.2) is 44.0 Å². The first kappa shape index (κ1) is 26.3. The van der Waals surface area contributed by atoms with E-state index in [1.807, 2.05) is 0 Å². The lowest BCUT2D eigenvalue weighted by Gasteiger charge is -2.22. The van der Waals surface area contributed by atoms with Gasteiger partial charge in [-0.25, -0.2) is 0 Å². The van der Waals surface area contributed by atoms with Gasteiger partial charge in [-0.1, -0.05) is 20.1 Å². The number of hydrogen-bond donors (Lipinski definition) is 2. The summed E-state index contributed by atoms with van der Waals surface area (Å²) in [6, 6.07) is 0. The molecular formula is C13H28ClN3O2. The molecule has 6 heteroatoms. The van der Waals surface area contributed by atoms with Crippen LogP contribution < -0.4 is 23.9 Å². The van der Waals surface area contributed by atoms with Gasteiger partial charge in [-0.3, -0.25) is 9.59 Å². The van der Waals surface area contributed by atoms with E-state index in [1.165, 1.54) is 13.0 Å². The van der Waals surface area contributed by atoms with Crippen molar-refractivity contribution >= 4 is 11.8 Å². The van der Waals surface area contributed by atoms with Crippen LogP contribution in [0.5, 0.6) is 0 Å². The SMILES string of the molecule is C=C(C)C(N)=O.C=CC(N)=O.CCC[N+](C)(C)C.[Cl-]. The average molecular weight is 294 g/mol. The van der Waals surface area contributed by atoms with E-state index in [2.05, 4.69) is 47.0 Å². The van der Waals surface area contributed by atoms with Gasteiger partial charge in [0, 0.05) is 5.57 Å². The van der Waals surface area contributed by atoms with Crippen molar-refractivity contribution < 1.29 is 26.5 Å². The molecular weight excluding hydrogens is 266 g/mol. The van der Waals surface area contributed by atoms with Crippen molar-refractivity contribution in [2.24, 2.45) is 11.5 Å². The summed E-state index contributed by atoms with van der Waals surface area (Å²) >= 11 is 0. The van der Waals surface area contributed by atoms with Crippen molar-refractivity contribution in [3.05, 3.63) is 24.8 Å². The lowest BCUT2D eigenvalue weighted by molar-refractivity contribution is -0.870. The number of hydrogen-bond acceptors (Lipinski definition) is 2. The molecule has 5 nitrogen and oxygen atoms in total. The van der Waals surface area contributed by atoms with E-state index in [0.717, 1.165) is 10.6 Å². The molecule has 0 atom stereocenters. The Balaban J connectivity index is -0.0000000878. The number of nitrogens with two attached hydrogens (primary N) is 2. The molecule has 0 spiro atoms. The van der Waals surface area contributed by atoms with Crippen LogP contribution in [0.1, 0.15) is 20.3 Å². The van der Waals surface area contributed by atoms with Gasteiger partial charge < -0.3 is 28.4 Å². The molecule has 0 aliphatic rings. The molecule has 0 aliphatic carbocycles. The summed E-state index contributed by atoms with van der Waals surface area (Å²) in [6.07, 6.45) is 2.34. The Morgan fingerprint density at radius 2 is 1.47 bits per heavy atom. The molecule has 0 fully saturated rings. The number of halogens is 1. The standard InChI is InChI=1S/C6H16N.C4H7NO.C3H5NO.ClH/c1-5-6-7(2,3)4;1-3(2)4(5)6;1-2-3(4)5;/h5-6H2,1-4H3;1H2,2H3,(H2,5,6);2H,1H2,(H2,4,5);1H/q+1;;;/p-1. The molecule has 0 saturated carbocycles. The predicted molar refractivity (Wildman–Crippen MR) is 76.6 cm³/mol. The van der Waals surface area contributed by atoms with Gasteiger partial charge in [-0.15, -0.1) is 0 Å². The molecule has 0 saturated heterocycles. The van der Waals surface area contributed by atoms with E-state index < -0.39 is 11.8 Å². The van der Waals surface area contributed by atoms with E-state index in [9.17, 15) is 9.59 Å². The zero-order valence-electron chi connectivity index (χ0n) is 12.7. The summed E-state index contributed by atoms with van der Waals surface area (Å²) in [7, 11) is 6.64. The summed E-state index contributed by atoms with van der Waals surface area (Å²) in [6.45, 7) is 11.4. The molecule has 4 N–H and O–H groups in total. The smallest absolute Gasteiger partial charge is 0.243 e. The molecule has 0 heterocycles. The van der Waals surface area contributed by atoms with E-state index >= 15 is 0 Å². The maximum absolute atomic E-state index is 9.82. The number of carbonyl (C=O) groups is 2. The van der Waals surface area contributed by atoms with Gasteiger partial charge in [0.05, 0.1) is 27.7 Å². The monoisotopic (exact) mass is 293 g/mol. The van der Waals surface area contributed by atoms with Crippen LogP contribution in [0, 0.1) is 0 Å². The van der Waals surface area contributed by atoms with Crippen molar-refractivity contribution in [1.82, 2.24) is 0 Å². The highest BCUT2D eigenvalue weighted by atomic mass is 35.5. The molecule has 114 valence electrons. The van der Waals surface area contributed by atoms with E-state index in [4.69, 9.17) is 5.73 Å². The number of quaternary nitrogens is 1. The number of carbonyl (C=O) groups excluding carboxylic acids is 2. The minimum absolute atomic E-state index is 0. The number of primary amides is 2. The first-order valence-corrected chi connectivity index (χ1v) is 5.65. The fourth-order valence-corrected chi connectivity index (χ4v) is 0.671. The zero-order valence-corrected chi connectivity index (χ0v) is 13.5. The summed E-state index contributed by atoms with van der Waals surface area (Å²) in [5.74, 6) is -0.917. The molecule has 19 heavy (non-hydrogen) atoms. The third kappa shape index (κ3) is 47.7. The Hall–Kier alpha value is -1.33. The second-order valence-corrected chi connectivity index (χ2v) is 4.77. The van der Waals surface area contributed by atoms with E-state index in [-0.39, 0.29) is 12.4 Å². The number of rotatable bonds is 4. The van der Waals surface area contributed by atoms with Gasteiger partial charge in [-0.05, 0) is 19.4 Å². The molecule has 2 amide bonds. The van der Waals surface area contributed by atoms with E-state index in [1.54, 1.807) is 6.92 Å².